The second kappa shape index (κ2) is 8.50. The largest absolute Gasteiger partial charge is 0.451 e. The van der Waals surface area contributed by atoms with Crippen LogP contribution in [0.2, 0.25) is 0 Å². The molecule has 0 fully saturated rings. The van der Waals surface area contributed by atoms with Crippen molar-refractivity contribution in [1.82, 2.24) is 4.90 Å². The second-order valence-corrected chi connectivity index (χ2v) is 7.93. The Balaban J connectivity index is 1.97. The van der Waals surface area contributed by atoms with Crippen LogP contribution in [-0.2, 0) is 22.4 Å². The quantitative estimate of drug-likeness (QED) is 0.778. The molecule has 0 spiro atoms. The van der Waals surface area contributed by atoms with Crippen molar-refractivity contribution in [3.63, 3.8) is 0 Å². The first kappa shape index (κ1) is 19.3. The first-order chi connectivity index (χ1) is 13.0. The molecule has 0 bridgehead atoms. The molecular weight excluding hydrogens is 360 g/mol. The van der Waals surface area contributed by atoms with Gasteiger partial charge in [-0.05, 0) is 61.7 Å². The van der Waals surface area contributed by atoms with E-state index in [4.69, 9.17) is 10.5 Å². The van der Waals surface area contributed by atoms with Crippen molar-refractivity contribution in [3.8, 4) is 0 Å². The number of aryl methyl sites for hydroxylation is 2. The zero-order valence-corrected chi connectivity index (χ0v) is 16.5. The predicted molar refractivity (Wildman–Crippen MR) is 108 cm³/mol. The molecule has 0 radical (unpaired) electrons. The number of rotatable bonds is 6. The summed E-state index contributed by atoms with van der Waals surface area (Å²) in [5, 5.41) is 0. The highest BCUT2D eigenvalue weighted by Gasteiger charge is 2.23. The molecule has 1 heterocycles. The number of nitrogens with zero attached hydrogens (tertiary/aromatic N) is 1. The first-order valence-corrected chi connectivity index (χ1v) is 9.79. The van der Waals surface area contributed by atoms with E-state index in [0.29, 0.717) is 4.88 Å². The standard InChI is InChI=1S/C21H24N2O3S/c1-23(2)11-5-8-17-16-7-4-3-6-14(16)9-10-15-12-18(27-20(15)17)21(25)26-13-19(22)24/h3-4,6-8,12H,5,9-11,13H2,1-2H3,(H2,22,24)/b17-8+. The molecule has 3 rings (SSSR count). The lowest BCUT2D eigenvalue weighted by molar-refractivity contribution is -0.121. The van der Waals surface area contributed by atoms with Crippen molar-refractivity contribution in [2.24, 2.45) is 5.73 Å². The van der Waals surface area contributed by atoms with E-state index < -0.39 is 18.5 Å². The van der Waals surface area contributed by atoms with Crippen molar-refractivity contribution in [2.45, 2.75) is 19.3 Å². The van der Waals surface area contributed by atoms with Gasteiger partial charge in [0.2, 0.25) is 0 Å². The molecule has 0 saturated carbocycles. The summed E-state index contributed by atoms with van der Waals surface area (Å²) in [6, 6.07) is 10.3. The number of hydrogen-bond acceptors (Lipinski definition) is 5. The van der Waals surface area contributed by atoms with E-state index in [1.54, 1.807) is 0 Å². The number of nitrogens with two attached hydrogens (primary N) is 1. The highest BCUT2D eigenvalue weighted by atomic mass is 32.1. The van der Waals surface area contributed by atoms with Gasteiger partial charge in [-0.15, -0.1) is 11.3 Å². The van der Waals surface area contributed by atoms with Gasteiger partial charge >= 0.3 is 5.97 Å². The van der Waals surface area contributed by atoms with E-state index in [2.05, 4.69) is 49.3 Å². The summed E-state index contributed by atoms with van der Waals surface area (Å²) in [6.45, 7) is 0.565. The van der Waals surface area contributed by atoms with Crippen molar-refractivity contribution < 1.29 is 14.3 Å². The summed E-state index contributed by atoms with van der Waals surface area (Å²) >= 11 is 1.43. The van der Waals surface area contributed by atoms with Crippen LogP contribution in [0.1, 0.15) is 37.7 Å². The van der Waals surface area contributed by atoms with Gasteiger partial charge in [0, 0.05) is 11.4 Å². The third-order valence-corrected chi connectivity index (χ3v) is 5.69. The number of carbonyl (C=O) groups excluding carboxylic acids is 2. The normalized spacial score (nSPS) is 14.6. The number of benzene rings is 1. The van der Waals surface area contributed by atoms with E-state index in [0.717, 1.165) is 36.2 Å². The van der Waals surface area contributed by atoms with Gasteiger partial charge in [0.1, 0.15) is 4.88 Å². The smallest absolute Gasteiger partial charge is 0.348 e. The average molecular weight is 385 g/mol. The molecule has 2 aromatic rings. The summed E-state index contributed by atoms with van der Waals surface area (Å²) in [7, 11) is 4.12. The number of thiophene rings is 1. The van der Waals surface area contributed by atoms with Gasteiger partial charge in [0.15, 0.2) is 6.61 Å². The lowest BCUT2D eigenvalue weighted by Crippen LogP contribution is -2.20. The molecule has 142 valence electrons. The fraction of sp³-hybridized carbons (Fsp3) is 0.333. The average Bonchev–Trinajstić information content (AvgIpc) is 3.00. The van der Waals surface area contributed by atoms with Crippen LogP contribution in [0.5, 0.6) is 0 Å². The Bertz CT molecular complexity index is 883. The molecule has 0 aliphatic heterocycles. The van der Waals surface area contributed by atoms with Crippen LogP contribution in [-0.4, -0.2) is 44.0 Å². The van der Waals surface area contributed by atoms with Crippen LogP contribution < -0.4 is 5.73 Å². The van der Waals surface area contributed by atoms with Gasteiger partial charge in [0.25, 0.3) is 5.91 Å². The predicted octanol–water partition coefficient (Wildman–Crippen LogP) is 2.87. The van der Waals surface area contributed by atoms with Crippen LogP contribution in [0, 0.1) is 0 Å². The van der Waals surface area contributed by atoms with Crippen molar-refractivity contribution in [2.75, 3.05) is 27.2 Å². The first-order valence-electron chi connectivity index (χ1n) is 8.97. The topological polar surface area (TPSA) is 72.6 Å². The Hall–Kier alpha value is -2.44. The molecule has 1 aromatic heterocycles. The van der Waals surface area contributed by atoms with Gasteiger partial charge in [-0.2, -0.15) is 0 Å². The summed E-state index contributed by atoms with van der Waals surface area (Å²) in [5.74, 6) is -1.15. The molecule has 27 heavy (non-hydrogen) atoms. The van der Waals surface area contributed by atoms with E-state index in [1.807, 2.05) is 6.07 Å². The molecule has 0 saturated heterocycles. The molecule has 0 atom stereocenters. The maximum absolute atomic E-state index is 12.3. The third-order valence-electron chi connectivity index (χ3n) is 4.50. The summed E-state index contributed by atoms with van der Waals surface area (Å²) in [5.41, 5.74) is 9.96. The number of primary amides is 1. The van der Waals surface area contributed by atoms with E-state index in [1.165, 1.54) is 28.0 Å². The van der Waals surface area contributed by atoms with Crippen LogP contribution in [0.15, 0.2) is 36.4 Å². The number of amides is 1. The number of hydrogen-bond donors (Lipinski definition) is 1. The maximum atomic E-state index is 12.3. The fourth-order valence-electron chi connectivity index (χ4n) is 3.21. The molecule has 1 aliphatic carbocycles. The van der Waals surface area contributed by atoms with Crippen molar-refractivity contribution >= 4 is 28.8 Å². The lowest BCUT2D eigenvalue weighted by Gasteiger charge is -2.11. The lowest BCUT2D eigenvalue weighted by atomic mass is 9.98. The molecule has 1 aliphatic rings. The van der Waals surface area contributed by atoms with E-state index in [9.17, 15) is 9.59 Å². The maximum Gasteiger partial charge on any atom is 0.348 e. The zero-order chi connectivity index (χ0) is 19.4. The number of fused-ring (bicyclic) bond motifs is 2. The van der Waals surface area contributed by atoms with Crippen LogP contribution in [0.4, 0.5) is 0 Å². The highest BCUT2D eigenvalue weighted by Crippen LogP contribution is 2.39. The van der Waals surface area contributed by atoms with Crippen LogP contribution >= 0.6 is 11.3 Å². The summed E-state index contributed by atoms with van der Waals surface area (Å²) < 4.78 is 4.99. The van der Waals surface area contributed by atoms with Gasteiger partial charge in [-0.1, -0.05) is 30.3 Å². The van der Waals surface area contributed by atoms with Gasteiger partial charge < -0.3 is 15.4 Å². The second-order valence-electron chi connectivity index (χ2n) is 6.87. The number of carbonyl (C=O) groups is 2. The number of ether oxygens (including phenoxy) is 1. The Morgan fingerprint density at radius 3 is 2.70 bits per heavy atom. The SMILES string of the molecule is CN(C)CC/C=C1\c2ccccc2CCc2cc(C(=O)OCC(N)=O)sc21. The highest BCUT2D eigenvalue weighted by molar-refractivity contribution is 7.15. The zero-order valence-electron chi connectivity index (χ0n) is 15.7. The molecule has 0 unspecified atom stereocenters. The van der Waals surface area contributed by atoms with Crippen molar-refractivity contribution in [1.29, 1.82) is 0 Å². The Morgan fingerprint density at radius 2 is 1.96 bits per heavy atom. The van der Waals surface area contributed by atoms with Gasteiger partial charge in [-0.25, -0.2) is 4.79 Å². The van der Waals surface area contributed by atoms with Gasteiger partial charge in [0.05, 0.1) is 0 Å². The summed E-state index contributed by atoms with van der Waals surface area (Å²) in [4.78, 5) is 26.9. The third kappa shape index (κ3) is 4.64. The van der Waals surface area contributed by atoms with Crippen LogP contribution in [0.25, 0.3) is 5.57 Å². The minimum atomic E-state index is -0.653. The Morgan fingerprint density at radius 1 is 1.22 bits per heavy atom. The minimum absolute atomic E-state index is 0.393. The molecule has 5 nitrogen and oxygen atoms in total. The molecule has 2 N–H and O–H groups in total. The molecule has 1 amide bonds. The monoisotopic (exact) mass is 384 g/mol. The number of esters is 1. The fourth-order valence-corrected chi connectivity index (χ4v) is 4.37. The van der Waals surface area contributed by atoms with Crippen LogP contribution in [0.3, 0.4) is 0 Å². The van der Waals surface area contributed by atoms with E-state index in [-0.39, 0.29) is 0 Å². The Kier molecular flexibility index (Phi) is 6.08. The molecule has 1 aromatic carbocycles. The summed E-state index contributed by atoms with van der Waals surface area (Å²) in [6.07, 6.45) is 4.99. The Labute approximate surface area is 163 Å². The van der Waals surface area contributed by atoms with E-state index >= 15 is 0 Å². The molecule has 6 heteroatoms. The van der Waals surface area contributed by atoms with Crippen molar-refractivity contribution in [3.05, 3.63) is 62.9 Å². The minimum Gasteiger partial charge on any atom is -0.451 e. The van der Waals surface area contributed by atoms with Gasteiger partial charge in [-0.3, -0.25) is 4.79 Å². The molecular formula is C21H24N2O3S.